The Morgan fingerprint density at radius 2 is 1.58 bits per heavy atom. The summed E-state index contributed by atoms with van der Waals surface area (Å²) in [5, 5.41) is 8.49. The summed E-state index contributed by atoms with van der Waals surface area (Å²) in [6, 6.07) is 21.2. The summed E-state index contributed by atoms with van der Waals surface area (Å²) in [6.07, 6.45) is 7.32. The van der Waals surface area contributed by atoms with E-state index < -0.39 is 39.7 Å². The van der Waals surface area contributed by atoms with E-state index in [-0.39, 0.29) is 42.1 Å². The predicted octanol–water partition coefficient (Wildman–Crippen LogP) is 6.21. The lowest BCUT2D eigenvalue weighted by Gasteiger charge is -2.37. The Balaban J connectivity index is 1.58. The Morgan fingerprint density at radius 1 is 0.925 bits per heavy atom. The summed E-state index contributed by atoms with van der Waals surface area (Å²) in [5.74, 6) is -1.06. The molecule has 11 nitrogen and oxygen atoms in total. The molecule has 0 radical (unpaired) electrons. The minimum absolute atomic E-state index is 0.0187. The number of hydrogen-bond acceptors (Lipinski definition) is 10. The van der Waals surface area contributed by atoms with Gasteiger partial charge in [0.25, 0.3) is 5.91 Å². The number of carbonyl (C=O) groups excluding carboxylic acids is 3. The third-order valence-corrected chi connectivity index (χ3v) is 12.0. The van der Waals surface area contributed by atoms with Crippen LogP contribution >= 0.6 is 11.8 Å². The van der Waals surface area contributed by atoms with E-state index in [1.807, 2.05) is 48.7 Å². The lowest BCUT2D eigenvalue weighted by molar-refractivity contribution is -0.142. The number of thioether (sulfide) groups is 1. The minimum atomic E-state index is -3.78. The number of anilines is 2. The van der Waals surface area contributed by atoms with Crippen molar-refractivity contribution < 1.29 is 32.3 Å². The lowest BCUT2D eigenvalue weighted by Crippen LogP contribution is -2.44. The van der Waals surface area contributed by atoms with E-state index in [1.165, 1.54) is 11.8 Å². The maximum atomic E-state index is 14.4. The summed E-state index contributed by atoms with van der Waals surface area (Å²) in [6.45, 7) is 6.97. The molecule has 1 aliphatic heterocycles. The van der Waals surface area contributed by atoms with Gasteiger partial charge in [-0.1, -0.05) is 88.1 Å². The van der Waals surface area contributed by atoms with Gasteiger partial charge >= 0.3 is 5.97 Å². The largest absolute Gasteiger partial charge is 0.483 e. The van der Waals surface area contributed by atoms with Crippen LogP contribution in [0.2, 0.25) is 0 Å². The summed E-state index contributed by atoms with van der Waals surface area (Å²) >= 11 is 1.41. The number of unbranched alkanes of at least 4 members (excludes halogenated alkanes) is 2. The van der Waals surface area contributed by atoms with Gasteiger partial charge in [0.1, 0.15) is 11.8 Å². The van der Waals surface area contributed by atoms with Gasteiger partial charge in [0.15, 0.2) is 16.4 Å². The van der Waals surface area contributed by atoms with Crippen LogP contribution in [0.4, 0.5) is 11.4 Å². The van der Waals surface area contributed by atoms with E-state index in [0.717, 1.165) is 44.2 Å². The molecule has 0 aliphatic carbocycles. The molecule has 3 N–H and O–H groups in total. The molecular weight excluding hydrogens is 713 g/mol. The predicted molar refractivity (Wildman–Crippen MR) is 211 cm³/mol. The fourth-order valence-electron chi connectivity index (χ4n) is 6.65. The molecule has 13 heteroatoms. The van der Waals surface area contributed by atoms with Crippen molar-refractivity contribution in [3.8, 4) is 5.75 Å². The number of sulfone groups is 1. The second kappa shape index (κ2) is 20.4. The molecule has 0 bridgehead atoms. The van der Waals surface area contributed by atoms with E-state index in [2.05, 4.69) is 34.7 Å². The van der Waals surface area contributed by atoms with Crippen LogP contribution in [0.15, 0.2) is 82.6 Å². The van der Waals surface area contributed by atoms with E-state index in [9.17, 15) is 22.8 Å². The van der Waals surface area contributed by atoms with Crippen molar-refractivity contribution in [2.24, 2.45) is 5.41 Å². The number of ether oxygens (including phenoxy) is 2. The van der Waals surface area contributed by atoms with Crippen LogP contribution in [0, 0.1) is 5.41 Å². The first-order chi connectivity index (χ1) is 25.6. The van der Waals surface area contributed by atoms with Gasteiger partial charge in [0.05, 0.1) is 34.4 Å². The van der Waals surface area contributed by atoms with E-state index >= 15 is 0 Å². The van der Waals surface area contributed by atoms with Crippen molar-refractivity contribution in [1.82, 2.24) is 16.0 Å². The van der Waals surface area contributed by atoms with Gasteiger partial charge < -0.3 is 30.3 Å². The fourth-order valence-corrected chi connectivity index (χ4v) is 9.31. The van der Waals surface area contributed by atoms with E-state index in [1.54, 1.807) is 37.3 Å². The van der Waals surface area contributed by atoms with Crippen LogP contribution in [-0.2, 0) is 29.0 Å². The molecule has 3 aromatic rings. The van der Waals surface area contributed by atoms with Crippen LogP contribution in [-0.4, -0.2) is 77.6 Å². The molecular formula is C40H54N4O7S2. The Hall–Kier alpha value is -4.07. The molecule has 0 saturated carbocycles. The molecule has 1 heterocycles. The number of para-hydroxylation sites is 1. The number of carbonyl (C=O) groups is 3. The van der Waals surface area contributed by atoms with Crippen LogP contribution in [0.25, 0.3) is 0 Å². The Labute approximate surface area is 318 Å². The molecule has 0 saturated heterocycles. The van der Waals surface area contributed by atoms with Crippen molar-refractivity contribution in [2.75, 3.05) is 56.3 Å². The van der Waals surface area contributed by atoms with E-state index in [0.29, 0.717) is 29.2 Å². The molecule has 2 amide bonds. The standard InChI is InChI=1S/C40H54N4O7S2/c1-5-8-20-40(21-9-6-2)28-44(31-18-14-11-15-19-31)32-24-34(52-4)33(25-35(32)53(48,49)29-40)51-27-36(45)43-38(30-16-12-10-13-17-30)39(47)42-23-22-41-26-37(46)50-7-3/h10-19,24-25,38,41H,5-9,20-23,26-29H2,1-4H3,(H,42,47)(H,43,45)/t38-/m1/s1. The number of amides is 2. The Bertz CT molecular complexity index is 1750. The zero-order valence-electron chi connectivity index (χ0n) is 31.3. The van der Waals surface area contributed by atoms with Gasteiger partial charge in [-0.3, -0.25) is 14.4 Å². The molecule has 288 valence electrons. The zero-order chi connectivity index (χ0) is 38.3. The van der Waals surface area contributed by atoms with Gasteiger partial charge in [-0.25, -0.2) is 8.42 Å². The average molecular weight is 767 g/mol. The van der Waals surface area contributed by atoms with Crippen LogP contribution in [0.3, 0.4) is 0 Å². The normalized spacial score (nSPS) is 15.1. The van der Waals surface area contributed by atoms with Crippen molar-refractivity contribution in [3.63, 3.8) is 0 Å². The number of rotatable bonds is 20. The number of nitrogens with one attached hydrogen (secondary N) is 3. The molecule has 4 rings (SSSR count). The van der Waals surface area contributed by atoms with E-state index in [4.69, 9.17) is 9.47 Å². The van der Waals surface area contributed by atoms with Crippen LogP contribution < -0.4 is 25.6 Å². The molecule has 1 atom stereocenters. The quantitative estimate of drug-likeness (QED) is 0.0691. The number of nitrogens with zero attached hydrogens (tertiary/aromatic N) is 1. The maximum absolute atomic E-state index is 14.4. The van der Waals surface area contributed by atoms with Gasteiger partial charge in [0, 0.05) is 36.8 Å². The Kier molecular flexibility index (Phi) is 16.0. The highest BCUT2D eigenvalue weighted by atomic mass is 32.2. The SMILES string of the molecule is CCCCC1(CCCC)CN(c2ccccc2)c2cc(SC)c(OCC(=O)N[C@@H](C(=O)NCCNCC(=O)OCC)c3ccccc3)cc2S(=O)(=O)C1. The highest BCUT2D eigenvalue weighted by Gasteiger charge is 2.42. The highest BCUT2D eigenvalue weighted by Crippen LogP contribution is 2.47. The van der Waals surface area contributed by atoms with Gasteiger partial charge in [-0.2, -0.15) is 0 Å². The zero-order valence-corrected chi connectivity index (χ0v) is 33.0. The first-order valence-electron chi connectivity index (χ1n) is 18.4. The van der Waals surface area contributed by atoms with Gasteiger partial charge in [-0.05, 0) is 49.8 Å². The smallest absolute Gasteiger partial charge is 0.319 e. The number of benzene rings is 3. The second-order valence-electron chi connectivity index (χ2n) is 13.3. The van der Waals surface area contributed by atoms with Crippen molar-refractivity contribution in [1.29, 1.82) is 0 Å². The molecule has 1 aliphatic rings. The van der Waals surface area contributed by atoms with Crippen LogP contribution in [0.5, 0.6) is 5.75 Å². The number of esters is 1. The van der Waals surface area contributed by atoms with Gasteiger partial charge in [-0.15, -0.1) is 11.8 Å². The molecule has 3 aromatic carbocycles. The highest BCUT2D eigenvalue weighted by molar-refractivity contribution is 7.98. The number of hydrogen-bond donors (Lipinski definition) is 3. The summed E-state index contributed by atoms with van der Waals surface area (Å²) < 4.78 is 39.8. The molecule has 0 unspecified atom stereocenters. The molecule has 0 fully saturated rings. The van der Waals surface area contributed by atoms with Crippen molar-refractivity contribution in [3.05, 3.63) is 78.4 Å². The first-order valence-corrected chi connectivity index (χ1v) is 21.3. The number of fused-ring (bicyclic) bond motifs is 1. The third kappa shape index (κ3) is 11.7. The average Bonchev–Trinajstić information content (AvgIpc) is 3.25. The summed E-state index contributed by atoms with van der Waals surface area (Å²) in [5.41, 5.74) is 1.66. The van der Waals surface area contributed by atoms with Crippen LogP contribution in [0.1, 0.15) is 70.9 Å². The molecule has 53 heavy (non-hydrogen) atoms. The topological polar surface area (TPSA) is 143 Å². The fraction of sp³-hybridized carbons (Fsp3) is 0.475. The minimum Gasteiger partial charge on any atom is -0.483 e. The Morgan fingerprint density at radius 3 is 2.21 bits per heavy atom. The molecule has 0 spiro atoms. The summed E-state index contributed by atoms with van der Waals surface area (Å²) in [7, 11) is -3.78. The van der Waals surface area contributed by atoms with Crippen molar-refractivity contribution in [2.45, 2.75) is 75.1 Å². The maximum Gasteiger partial charge on any atom is 0.319 e. The summed E-state index contributed by atoms with van der Waals surface area (Å²) in [4.78, 5) is 41.3. The molecule has 0 aromatic heterocycles. The third-order valence-electron chi connectivity index (χ3n) is 9.28. The van der Waals surface area contributed by atoms with Crippen molar-refractivity contribution >= 4 is 50.8 Å². The second-order valence-corrected chi connectivity index (χ2v) is 16.1. The lowest BCUT2D eigenvalue weighted by atomic mass is 9.79. The van der Waals surface area contributed by atoms with Gasteiger partial charge in [0.2, 0.25) is 5.91 Å². The first kappa shape index (κ1) is 41.7. The monoisotopic (exact) mass is 766 g/mol.